The van der Waals surface area contributed by atoms with Crippen molar-refractivity contribution in [2.24, 2.45) is 0 Å². The predicted molar refractivity (Wildman–Crippen MR) is 117 cm³/mol. The monoisotopic (exact) mass is 419 g/mol. The first kappa shape index (κ1) is 20.2. The van der Waals surface area contributed by atoms with Gasteiger partial charge in [-0.25, -0.2) is 4.79 Å². The molecule has 0 aromatic heterocycles. The van der Waals surface area contributed by atoms with Gasteiger partial charge < -0.3 is 10.4 Å². The summed E-state index contributed by atoms with van der Waals surface area (Å²) in [6.45, 7) is 0. The summed E-state index contributed by atoms with van der Waals surface area (Å²) in [7, 11) is 0. The van der Waals surface area contributed by atoms with Crippen LogP contribution in [0.4, 0.5) is 0 Å². The third-order valence-corrected chi connectivity index (χ3v) is 5.83. The molecule has 30 heavy (non-hydrogen) atoms. The lowest BCUT2D eigenvalue weighted by Gasteiger charge is -2.27. The molecule has 4 rings (SSSR count). The normalized spacial score (nSPS) is 15.3. The van der Waals surface area contributed by atoms with Gasteiger partial charge in [-0.1, -0.05) is 48.0 Å². The van der Waals surface area contributed by atoms with Crippen molar-refractivity contribution in [3.63, 3.8) is 0 Å². The van der Waals surface area contributed by atoms with E-state index < -0.39 is 5.97 Å². The molecule has 0 fully saturated rings. The second-order valence-electron chi connectivity index (χ2n) is 7.60. The van der Waals surface area contributed by atoms with Crippen LogP contribution < -0.4 is 5.32 Å². The summed E-state index contributed by atoms with van der Waals surface area (Å²) in [5.41, 5.74) is 4.99. The van der Waals surface area contributed by atoms with Crippen molar-refractivity contribution in [2.45, 2.75) is 31.7 Å². The summed E-state index contributed by atoms with van der Waals surface area (Å²) in [6.07, 6.45) is 3.22. The molecule has 0 heterocycles. The molecule has 0 radical (unpaired) electrons. The number of amides is 1. The van der Waals surface area contributed by atoms with Crippen molar-refractivity contribution >= 4 is 23.5 Å². The van der Waals surface area contributed by atoms with Crippen LogP contribution in [0.1, 0.15) is 61.9 Å². The maximum atomic E-state index is 13.1. The smallest absolute Gasteiger partial charge is 0.335 e. The highest BCUT2D eigenvalue weighted by atomic mass is 35.5. The Labute approximate surface area is 180 Å². The molecule has 1 unspecified atom stereocenters. The molecular formula is C25H22ClNO3. The van der Waals surface area contributed by atoms with E-state index in [4.69, 9.17) is 11.6 Å². The molecule has 1 aliphatic carbocycles. The van der Waals surface area contributed by atoms with Crippen LogP contribution >= 0.6 is 11.6 Å². The van der Waals surface area contributed by atoms with E-state index in [1.54, 1.807) is 12.1 Å². The van der Waals surface area contributed by atoms with Crippen LogP contribution in [-0.4, -0.2) is 17.0 Å². The minimum absolute atomic E-state index is 0.111. The van der Waals surface area contributed by atoms with Crippen LogP contribution in [0.3, 0.4) is 0 Å². The molecule has 5 heteroatoms. The number of carboxylic acids is 1. The molecule has 0 spiro atoms. The molecular weight excluding hydrogens is 398 g/mol. The van der Waals surface area contributed by atoms with E-state index in [0.29, 0.717) is 17.0 Å². The molecule has 3 aromatic carbocycles. The summed E-state index contributed by atoms with van der Waals surface area (Å²) < 4.78 is 0. The largest absolute Gasteiger partial charge is 0.478 e. The topological polar surface area (TPSA) is 66.4 Å². The zero-order valence-corrected chi connectivity index (χ0v) is 17.2. The fraction of sp³-hybridized carbons (Fsp3) is 0.200. The van der Waals surface area contributed by atoms with E-state index in [9.17, 15) is 14.7 Å². The summed E-state index contributed by atoms with van der Waals surface area (Å²) in [6, 6.07) is 20.3. The molecule has 1 amide bonds. The highest BCUT2D eigenvalue weighted by molar-refractivity contribution is 6.30. The van der Waals surface area contributed by atoms with Crippen molar-refractivity contribution in [1.82, 2.24) is 5.32 Å². The highest BCUT2D eigenvalue weighted by Crippen LogP contribution is 2.31. The number of rotatable bonds is 5. The highest BCUT2D eigenvalue weighted by Gasteiger charge is 2.24. The summed E-state index contributed by atoms with van der Waals surface area (Å²) in [5, 5.41) is 13.1. The van der Waals surface area contributed by atoms with Gasteiger partial charge in [0, 0.05) is 10.6 Å². The minimum atomic E-state index is -0.930. The van der Waals surface area contributed by atoms with Crippen molar-refractivity contribution in [3.8, 4) is 0 Å². The maximum absolute atomic E-state index is 13.1. The van der Waals surface area contributed by atoms with Crippen LogP contribution in [0.25, 0.3) is 0 Å². The Morgan fingerprint density at radius 3 is 2.57 bits per heavy atom. The SMILES string of the molecule is O=C(O)c1ccc2c(c1)CCCC2NC(=O)c1ccccc1Cc1ccc(Cl)cc1. The average Bonchev–Trinajstić information content (AvgIpc) is 2.75. The van der Waals surface area contributed by atoms with Gasteiger partial charge in [0.25, 0.3) is 5.91 Å². The maximum Gasteiger partial charge on any atom is 0.335 e. The van der Waals surface area contributed by atoms with Gasteiger partial charge in [0.1, 0.15) is 0 Å². The summed E-state index contributed by atoms with van der Waals surface area (Å²) >= 11 is 5.98. The number of nitrogens with one attached hydrogen (secondary N) is 1. The molecule has 152 valence electrons. The Bertz CT molecular complexity index is 1090. The van der Waals surface area contributed by atoms with E-state index in [0.717, 1.165) is 41.5 Å². The third kappa shape index (κ3) is 4.39. The number of aryl methyl sites for hydroxylation is 1. The quantitative estimate of drug-likeness (QED) is 0.579. The van der Waals surface area contributed by atoms with Crippen molar-refractivity contribution in [1.29, 1.82) is 0 Å². The molecule has 0 saturated heterocycles. The summed E-state index contributed by atoms with van der Waals surface area (Å²) in [4.78, 5) is 24.4. The fourth-order valence-electron chi connectivity index (χ4n) is 4.05. The first-order valence-electron chi connectivity index (χ1n) is 10.0. The van der Waals surface area contributed by atoms with E-state index in [2.05, 4.69) is 5.32 Å². The van der Waals surface area contributed by atoms with E-state index in [-0.39, 0.29) is 17.5 Å². The Morgan fingerprint density at radius 2 is 1.80 bits per heavy atom. The lowest BCUT2D eigenvalue weighted by Crippen LogP contribution is -2.31. The van der Waals surface area contributed by atoms with Crippen LogP contribution in [0.2, 0.25) is 5.02 Å². The van der Waals surface area contributed by atoms with E-state index >= 15 is 0 Å². The number of fused-ring (bicyclic) bond motifs is 1. The number of aromatic carboxylic acids is 1. The molecule has 1 atom stereocenters. The molecule has 1 aliphatic rings. The molecule has 2 N–H and O–H groups in total. The average molecular weight is 420 g/mol. The zero-order chi connectivity index (χ0) is 21.1. The Morgan fingerprint density at radius 1 is 1.03 bits per heavy atom. The number of benzene rings is 3. The van der Waals surface area contributed by atoms with Gasteiger partial charge in [0.2, 0.25) is 0 Å². The van der Waals surface area contributed by atoms with Gasteiger partial charge in [0.15, 0.2) is 0 Å². The van der Waals surface area contributed by atoms with Crippen LogP contribution in [0, 0.1) is 0 Å². The van der Waals surface area contributed by atoms with Crippen molar-refractivity contribution in [2.75, 3.05) is 0 Å². The first-order valence-corrected chi connectivity index (χ1v) is 10.4. The van der Waals surface area contributed by atoms with Gasteiger partial charge in [-0.2, -0.15) is 0 Å². The molecule has 3 aromatic rings. The number of halogens is 1. The molecule has 0 aliphatic heterocycles. The fourth-order valence-corrected chi connectivity index (χ4v) is 4.18. The third-order valence-electron chi connectivity index (χ3n) is 5.58. The molecule has 0 saturated carbocycles. The lowest BCUT2D eigenvalue weighted by atomic mass is 9.86. The van der Waals surface area contributed by atoms with Crippen LogP contribution in [-0.2, 0) is 12.8 Å². The minimum Gasteiger partial charge on any atom is -0.478 e. The number of hydrogen-bond acceptors (Lipinski definition) is 2. The van der Waals surface area contributed by atoms with E-state index in [1.165, 1.54) is 0 Å². The second kappa shape index (κ2) is 8.72. The van der Waals surface area contributed by atoms with Gasteiger partial charge in [0.05, 0.1) is 11.6 Å². The van der Waals surface area contributed by atoms with Crippen LogP contribution in [0.5, 0.6) is 0 Å². The van der Waals surface area contributed by atoms with Gasteiger partial charge >= 0.3 is 5.97 Å². The Kier molecular flexibility index (Phi) is 5.86. The van der Waals surface area contributed by atoms with Gasteiger partial charge in [-0.05, 0) is 78.3 Å². The zero-order valence-electron chi connectivity index (χ0n) is 16.4. The van der Waals surface area contributed by atoms with Crippen molar-refractivity contribution in [3.05, 3.63) is 105 Å². The number of carbonyl (C=O) groups is 2. The molecule has 0 bridgehead atoms. The Balaban J connectivity index is 1.55. The van der Waals surface area contributed by atoms with Gasteiger partial charge in [-0.15, -0.1) is 0 Å². The Hall–Kier alpha value is -3.11. The lowest BCUT2D eigenvalue weighted by molar-refractivity contribution is 0.0696. The van der Waals surface area contributed by atoms with Crippen molar-refractivity contribution < 1.29 is 14.7 Å². The number of carbonyl (C=O) groups excluding carboxylic acids is 1. The molecule has 4 nitrogen and oxygen atoms in total. The standard InChI is InChI=1S/C25H22ClNO3/c26-20-11-8-16(9-12-20)14-17-4-1-2-6-22(17)24(28)27-23-7-3-5-18-15-19(25(29)30)10-13-21(18)23/h1-2,4,6,8-13,15,23H,3,5,7,14H2,(H,27,28)(H,29,30). The number of hydrogen-bond donors (Lipinski definition) is 2. The predicted octanol–water partition coefficient (Wildman–Crippen LogP) is 5.44. The number of carboxylic acid groups (broad SMARTS) is 1. The first-order chi connectivity index (χ1) is 14.5. The second-order valence-corrected chi connectivity index (χ2v) is 8.03. The van der Waals surface area contributed by atoms with Gasteiger partial charge in [-0.3, -0.25) is 4.79 Å². The summed E-state index contributed by atoms with van der Waals surface area (Å²) in [5.74, 6) is -1.04. The van der Waals surface area contributed by atoms with Crippen LogP contribution in [0.15, 0.2) is 66.7 Å². The van der Waals surface area contributed by atoms with E-state index in [1.807, 2.05) is 54.6 Å².